The first-order valence-electron chi connectivity index (χ1n) is 8.12. The Hall–Kier alpha value is -2.76. The molecule has 0 saturated heterocycles. The summed E-state index contributed by atoms with van der Waals surface area (Å²) in [4.78, 5) is 24.1. The average Bonchev–Trinajstić information content (AvgIpc) is 3.13. The first-order valence-corrected chi connectivity index (χ1v) is 8.12. The molecule has 1 fully saturated rings. The van der Waals surface area contributed by atoms with E-state index in [-0.39, 0.29) is 23.3 Å². The number of benzene rings is 1. The number of hydrogen-bond donors (Lipinski definition) is 3. The summed E-state index contributed by atoms with van der Waals surface area (Å²) in [6.07, 6.45) is 6.52. The Kier molecular flexibility index (Phi) is 4.84. The number of hydrogen-bond acceptors (Lipinski definition) is 4. The number of nitrogens with one attached hydrogen (secondary N) is 2. The van der Waals surface area contributed by atoms with Crippen molar-refractivity contribution >= 4 is 23.2 Å². The van der Waals surface area contributed by atoms with E-state index >= 15 is 0 Å². The first-order chi connectivity index (χ1) is 11.6. The van der Waals surface area contributed by atoms with Crippen LogP contribution < -0.4 is 10.6 Å². The van der Waals surface area contributed by atoms with Crippen LogP contribution in [0.25, 0.3) is 0 Å². The lowest BCUT2D eigenvalue weighted by atomic mass is 9.88. The molecule has 1 aliphatic carbocycles. The second-order valence-electron chi connectivity index (χ2n) is 5.99. The van der Waals surface area contributed by atoms with Crippen LogP contribution in [-0.4, -0.2) is 16.9 Å². The number of phenols is 1. The Morgan fingerprint density at radius 2 is 1.88 bits per heavy atom. The molecule has 0 unspecified atom stereocenters. The number of carbonyl (C=O) groups is 2. The first kappa shape index (κ1) is 16.1. The van der Waals surface area contributed by atoms with E-state index in [0.29, 0.717) is 11.4 Å². The summed E-state index contributed by atoms with van der Waals surface area (Å²) in [6.45, 7) is 0. The van der Waals surface area contributed by atoms with Crippen molar-refractivity contribution < 1.29 is 19.1 Å². The molecular weight excluding hydrogens is 308 g/mol. The smallest absolute Gasteiger partial charge is 0.291 e. The monoisotopic (exact) mass is 328 g/mol. The minimum Gasteiger partial charge on any atom is -0.506 e. The summed E-state index contributed by atoms with van der Waals surface area (Å²) in [5.74, 6) is -0.354. The molecule has 126 valence electrons. The van der Waals surface area contributed by atoms with E-state index in [1.807, 2.05) is 0 Å². The van der Waals surface area contributed by atoms with Crippen molar-refractivity contribution in [2.24, 2.45) is 5.92 Å². The number of aromatic hydroxyl groups is 1. The fourth-order valence-corrected chi connectivity index (χ4v) is 2.92. The fraction of sp³-hybridized carbons (Fsp3) is 0.333. The Labute approximate surface area is 139 Å². The van der Waals surface area contributed by atoms with Gasteiger partial charge in [-0.3, -0.25) is 9.59 Å². The topological polar surface area (TPSA) is 91.6 Å². The van der Waals surface area contributed by atoms with Crippen LogP contribution in [0.4, 0.5) is 11.4 Å². The predicted octanol–water partition coefficient (Wildman–Crippen LogP) is 3.76. The highest BCUT2D eigenvalue weighted by Gasteiger charge is 2.22. The van der Waals surface area contributed by atoms with E-state index in [1.54, 1.807) is 24.3 Å². The van der Waals surface area contributed by atoms with Crippen LogP contribution in [0, 0.1) is 5.92 Å². The summed E-state index contributed by atoms with van der Waals surface area (Å²) in [5.41, 5.74) is 0.770. The van der Waals surface area contributed by atoms with Gasteiger partial charge >= 0.3 is 0 Å². The summed E-state index contributed by atoms with van der Waals surface area (Å²) in [6, 6.07) is 7.77. The maximum Gasteiger partial charge on any atom is 0.291 e. The van der Waals surface area contributed by atoms with Gasteiger partial charge in [0.15, 0.2) is 5.76 Å². The largest absolute Gasteiger partial charge is 0.506 e. The van der Waals surface area contributed by atoms with Crippen molar-refractivity contribution in [3.05, 3.63) is 42.4 Å². The van der Waals surface area contributed by atoms with E-state index in [9.17, 15) is 14.7 Å². The van der Waals surface area contributed by atoms with Gasteiger partial charge in [-0.2, -0.15) is 0 Å². The molecule has 1 aromatic carbocycles. The molecule has 3 N–H and O–H groups in total. The number of phenolic OH excluding ortho intramolecular Hbond substituents is 1. The zero-order valence-corrected chi connectivity index (χ0v) is 13.2. The van der Waals surface area contributed by atoms with Gasteiger partial charge in [-0.1, -0.05) is 19.3 Å². The summed E-state index contributed by atoms with van der Waals surface area (Å²) in [7, 11) is 0. The van der Waals surface area contributed by atoms with Gasteiger partial charge in [-0.15, -0.1) is 0 Å². The van der Waals surface area contributed by atoms with Crippen molar-refractivity contribution in [1.82, 2.24) is 0 Å². The molecule has 3 rings (SSSR count). The maximum absolute atomic E-state index is 12.2. The Morgan fingerprint density at radius 3 is 2.54 bits per heavy atom. The van der Waals surface area contributed by atoms with Crippen LogP contribution in [0.5, 0.6) is 5.75 Å². The lowest BCUT2D eigenvalue weighted by Crippen LogP contribution is -2.24. The van der Waals surface area contributed by atoms with Gasteiger partial charge in [0.05, 0.1) is 12.0 Å². The lowest BCUT2D eigenvalue weighted by Gasteiger charge is -2.21. The van der Waals surface area contributed by atoms with Crippen molar-refractivity contribution in [2.75, 3.05) is 10.6 Å². The van der Waals surface area contributed by atoms with Gasteiger partial charge in [0, 0.05) is 17.7 Å². The number of carbonyl (C=O) groups excluding carboxylic acids is 2. The quantitative estimate of drug-likeness (QED) is 0.745. The molecule has 1 aromatic heterocycles. The van der Waals surface area contributed by atoms with Crippen LogP contribution in [0.2, 0.25) is 0 Å². The summed E-state index contributed by atoms with van der Waals surface area (Å²) >= 11 is 0. The van der Waals surface area contributed by atoms with Crippen molar-refractivity contribution in [3.63, 3.8) is 0 Å². The third-order valence-electron chi connectivity index (χ3n) is 4.23. The van der Waals surface area contributed by atoms with E-state index in [0.717, 1.165) is 25.7 Å². The molecule has 1 saturated carbocycles. The van der Waals surface area contributed by atoms with Crippen molar-refractivity contribution in [2.45, 2.75) is 32.1 Å². The van der Waals surface area contributed by atoms with Crippen LogP contribution in [0.3, 0.4) is 0 Å². The number of amides is 2. The normalized spacial score (nSPS) is 15.0. The Morgan fingerprint density at radius 1 is 1.08 bits per heavy atom. The minimum absolute atomic E-state index is 0.0106. The summed E-state index contributed by atoms with van der Waals surface area (Å²) in [5, 5.41) is 15.5. The highest BCUT2D eigenvalue weighted by atomic mass is 16.3. The van der Waals surface area contributed by atoms with Crippen LogP contribution >= 0.6 is 0 Å². The predicted molar refractivity (Wildman–Crippen MR) is 90.0 cm³/mol. The SMILES string of the molecule is O=C(Nc1ccc(NC(=O)C2CCCCC2)c(O)c1)c1ccco1. The molecule has 6 nitrogen and oxygen atoms in total. The van der Waals surface area contributed by atoms with E-state index in [1.165, 1.54) is 18.8 Å². The molecule has 0 aliphatic heterocycles. The third kappa shape index (κ3) is 3.76. The second-order valence-corrected chi connectivity index (χ2v) is 5.99. The highest BCUT2D eigenvalue weighted by Crippen LogP contribution is 2.30. The zero-order chi connectivity index (χ0) is 16.9. The van der Waals surface area contributed by atoms with Gasteiger partial charge in [0.1, 0.15) is 5.75 Å². The van der Waals surface area contributed by atoms with Gasteiger partial charge in [0.2, 0.25) is 5.91 Å². The number of anilines is 2. The Balaban J connectivity index is 1.64. The van der Waals surface area contributed by atoms with E-state index in [2.05, 4.69) is 10.6 Å². The number of rotatable bonds is 4. The van der Waals surface area contributed by atoms with Gasteiger partial charge in [-0.25, -0.2) is 0 Å². The standard InChI is InChI=1S/C18H20N2O4/c21-15-11-13(19-18(23)16-7-4-10-24-16)8-9-14(15)20-17(22)12-5-2-1-3-6-12/h4,7-12,21H,1-3,5-6H2,(H,19,23)(H,20,22). The summed E-state index contributed by atoms with van der Waals surface area (Å²) < 4.78 is 5.01. The molecule has 0 spiro atoms. The van der Waals surface area contributed by atoms with Crippen molar-refractivity contribution in [1.29, 1.82) is 0 Å². The molecule has 2 amide bonds. The lowest BCUT2D eigenvalue weighted by molar-refractivity contribution is -0.120. The van der Waals surface area contributed by atoms with Gasteiger partial charge in [0.25, 0.3) is 5.91 Å². The minimum atomic E-state index is -0.404. The fourth-order valence-electron chi connectivity index (χ4n) is 2.92. The third-order valence-corrected chi connectivity index (χ3v) is 4.23. The molecule has 0 radical (unpaired) electrons. The second kappa shape index (κ2) is 7.21. The number of furan rings is 1. The Bertz CT molecular complexity index is 719. The van der Waals surface area contributed by atoms with E-state index < -0.39 is 5.91 Å². The molecule has 6 heteroatoms. The molecule has 24 heavy (non-hydrogen) atoms. The maximum atomic E-state index is 12.2. The molecule has 0 bridgehead atoms. The highest BCUT2D eigenvalue weighted by molar-refractivity contribution is 6.02. The van der Waals surface area contributed by atoms with Gasteiger partial charge < -0.3 is 20.2 Å². The molecule has 0 atom stereocenters. The molecule has 1 heterocycles. The molecule has 2 aromatic rings. The van der Waals surface area contributed by atoms with Crippen LogP contribution in [0.15, 0.2) is 41.0 Å². The molecule has 1 aliphatic rings. The molecular formula is C18H20N2O4. The van der Waals surface area contributed by atoms with Crippen LogP contribution in [-0.2, 0) is 4.79 Å². The zero-order valence-electron chi connectivity index (χ0n) is 13.2. The average molecular weight is 328 g/mol. The van der Waals surface area contributed by atoms with Gasteiger partial charge in [-0.05, 0) is 37.1 Å². The van der Waals surface area contributed by atoms with Crippen LogP contribution in [0.1, 0.15) is 42.7 Å². The van der Waals surface area contributed by atoms with E-state index in [4.69, 9.17) is 4.42 Å². The van der Waals surface area contributed by atoms with Crippen molar-refractivity contribution in [3.8, 4) is 5.75 Å².